The third kappa shape index (κ3) is 5.89. The quantitative estimate of drug-likeness (QED) is 0.151. The molecule has 1 amide bonds. The highest BCUT2D eigenvalue weighted by Gasteiger charge is 2.46. The summed E-state index contributed by atoms with van der Waals surface area (Å²) in [5, 5.41) is 11.4. The molecular formula is C33H30N2O5. The van der Waals surface area contributed by atoms with Gasteiger partial charge in [-0.25, -0.2) is 0 Å². The van der Waals surface area contributed by atoms with Crippen LogP contribution in [0.4, 0.5) is 0 Å². The van der Waals surface area contributed by atoms with Crippen molar-refractivity contribution in [1.82, 2.24) is 9.88 Å². The van der Waals surface area contributed by atoms with Crippen molar-refractivity contribution < 1.29 is 24.2 Å². The second kappa shape index (κ2) is 12.3. The minimum atomic E-state index is -0.815. The molecule has 1 fully saturated rings. The van der Waals surface area contributed by atoms with Gasteiger partial charge in [-0.1, -0.05) is 49.4 Å². The number of ketones is 1. The number of carbonyl (C=O) groups is 2. The number of amides is 1. The number of ether oxygens (including phenoxy) is 2. The Morgan fingerprint density at radius 1 is 0.850 bits per heavy atom. The van der Waals surface area contributed by atoms with E-state index in [0.29, 0.717) is 35.8 Å². The van der Waals surface area contributed by atoms with Gasteiger partial charge in [0, 0.05) is 24.5 Å². The Kier molecular flexibility index (Phi) is 8.21. The van der Waals surface area contributed by atoms with Crippen LogP contribution in [0.3, 0.4) is 0 Å². The molecule has 0 aliphatic carbocycles. The van der Waals surface area contributed by atoms with Crippen molar-refractivity contribution >= 4 is 17.4 Å². The van der Waals surface area contributed by atoms with E-state index in [1.165, 1.54) is 4.90 Å². The number of carbonyl (C=O) groups excluding carboxylic acids is 2. The molecule has 0 bridgehead atoms. The Hall–Kier alpha value is -4.91. The maximum Gasteiger partial charge on any atom is 0.295 e. The number of Topliss-reactive ketones (excluding diaryl/α,β-unsaturated/α-hetero) is 1. The number of rotatable bonds is 10. The average Bonchev–Trinajstić information content (AvgIpc) is 3.25. The summed E-state index contributed by atoms with van der Waals surface area (Å²) in [6, 6.07) is 26.7. The van der Waals surface area contributed by atoms with Gasteiger partial charge >= 0.3 is 0 Å². The molecule has 1 saturated heterocycles. The van der Waals surface area contributed by atoms with Gasteiger partial charge in [-0.2, -0.15) is 0 Å². The zero-order chi connectivity index (χ0) is 27.9. The number of likely N-dealkylation sites (tertiary alicyclic amines) is 1. The van der Waals surface area contributed by atoms with Gasteiger partial charge in [0.2, 0.25) is 0 Å². The van der Waals surface area contributed by atoms with Gasteiger partial charge in [0.15, 0.2) is 0 Å². The second-order valence-corrected chi connectivity index (χ2v) is 9.50. The maximum absolute atomic E-state index is 13.4. The van der Waals surface area contributed by atoms with Crippen molar-refractivity contribution in [3.05, 3.63) is 131 Å². The van der Waals surface area contributed by atoms with Gasteiger partial charge in [-0.15, -0.1) is 0 Å². The molecule has 0 radical (unpaired) electrons. The number of pyridine rings is 1. The molecule has 40 heavy (non-hydrogen) atoms. The Bertz CT molecular complexity index is 1500. The summed E-state index contributed by atoms with van der Waals surface area (Å²) in [5.74, 6) is -0.400. The number of hydrogen-bond acceptors (Lipinski definition) is 6. The summed E-state index contributed by atoms with van der Waals surface area (Å²) < 4.78 is 11.7. The largest absolute Gasteiger partial charge is 0.507 e. The zero-order valence-corrected chi connectivity index (χ0v) is 22.2. The fourth-order valence-electron chi connectivity index (χ4n) is 4.67. The first-order chi connectivity index (χ1) is 19.5. The van der Waals surface area contributed by atoms with Gasteiger partial charge in [-0.3, -0.25) is 14.6 Å². The summed E-state index contributed by atoms with van der Waals surface area (Å²) in [4.78, 5) is 32.3. The van der Waals surface area contributed by atoms with Crippen molar-refractivity contribution in [2.75, 3.05) is 6.61 Å². The molecule has 7 heteroatoms. The molecule has 202 valence electrons. The van der Waals surface area contributed by atoms with E-state index < -0.39 is 17.7 Å². The lowest BCUT2D eigenvalue weighted by molar-refractivity contribution is -0.140. The predicted molar refractivity (Wildman–Crippen MR) is 152 cm³/mol. The van der Waals surface area contributed by atoms with Crippen LogP contribution in [0.25, 0.3) is 5.76 Å². The SMILES string of the molecule is CCCOc1ccc(C(O)=C2C(=O)C(=O)N(Cc3ccncc3)C2c2cccc(OCc3ccccc3)c2)cc1. The van der Waals surface area contributed by atoms with Crippen LogP contribution in [0.2, 0.25) is 0 Å². The number of aliphatic hydroxyl groups is 1. The zero-order valence-electron chi connectivity index (χ0n) is 22.2. The minimum Gasteiger partial charge on any atom is -0.507 e. The molecule has 1 aliphatic heterocycles. The predicted octanol–water partition coefficient (Wildman–Crippen LogP) is 6.07. The summed E-state index contributed by atoms with van der Waals surface area (Å²) in [6.07, 6.45) is 4.15. The molecule has 0 saturated carbocycles. The Balaban J connectivity index is 1.53. The molecule has 7 nitrogen and oxygen atoms in total. The number of hydrogen-bond donors (Lipinski definition) is 1. The Labute approximate surface area is 233 Å². The highest BCUT2D eigenvalue weighted by molar-refractivity contribution is 6.46. The molecule has 0 spiro atoms. The highest BCUT2D eigenvalue weighted by atomic mass is 16.5. The Morgan fingerprint density at radius 3 is 2.33 bits per heavy atom. The van der Waals surface area contributed by atoms with Crippen LogP contribution in [-0.4, -0.2) is 33.3 Å². The molecular weight excluding hydrogens is 504 g/mol. The molecule has 2 heterocycles. The van der Waals surface area contributed by atoms with Crippen LogP contribution < -0.4 is 9.47 Å². The minimum absolute atomic E-state index is 0.0292. The van der Waals surface area contributed by atoms with Gasteiger partial charge in [0.1, 0.15) is 23.9 Å². The number of benzene rings is 3. The highest BCUT2D eigenvalue weighted by Crippen LogP contribution is 2.41. The lowest BCUT2D eigenvalue weighted by Crippen LogP contribution is -2.29. The molecule has 1 N–H and O–H groups in total. The molecule has 4 aromatic rings. The number of nitrogens with zero attached hydrogens (tertiary/aromatic N) is 2. The van der Waals surface area contributed by atoms with Crippen LogP contribution in [0.5, 0.6) is 11.5 Å². The van der Waals surface area contributed by atoms with Crippen LogP contribution >= 0.6 is 0 Å². The molecule has 1 aliphatic rings. The van der Waals surface area contributed by atoms with Gasteiger partial charge in [-0.05, 0) is 71.6 Å². The fourth-order valence-corrected chi connectivity index (χ4v) is 4.67. The molecule has 1 atom stereocenters. The first-order valence-electron chi connectivity index (χ1n) is 13.2. The number of aliphatic hydroxyl groups excluding tert-OH is 1. The van der Waals surface area contributed by atoms with E-state index in [4.69, 9.17) is 9.47 Å². The van der Waals surface area contributed by atoms with E-state index in [9.17, 15) is 14.7 Å². The number of aromatic nitrogens is 1. The van der Waals surface area contributed by atoms with Crippen molar-refractivity contribution in [1.29, 1.82) is 0 Å². The van der Waals surface area contributed by atoms with Crippen molar-refractivity contribution in [2.45, 2.75) is 32.5 Å². The van der Waals surface area contributed by atoms with E-state index >= 15 is 0 Å². The summed E-state index contributed by atoms with van der Waals surface area (Å²) in [7, 11) is 0. The molecule has 3 aromatic carbocycles. The fraction of sp³-hybridized carbons (Fsp3) is 0.182. The van der Waals surface area contributed by atoms with E-state index in [2.05, 4.69) is 4.98 Å². The third-order valence-corrected chi connectivity index (χ3v) is 6.66. The van der Waals surface area contributed by atoms with E-state index in [1.807, 2.05) is 61.5 Å². The van der Waals surface area contributed by atoms with E-state index in [0.717, 1.165) is 17.5 Å². The van der Waals surface area contributed by atoms with Gasteiger partial charge in [0.25, 0.3) is 11.7 Å². The van der Waals surface area contributed by atoms with Crippen LogP contribution in [-0.2, 0) is 22.7 Å². The van der Waals surface area contributed by atoms with Gasteiger partial charge < -0.3 is 19.5 Å². The van der Waals surface area contributed by atoms with Gasteiger partial charge in [0.05, 0.1) is 18.2 Å². The monoisotopic (exact) mass is 534 g/mol. The Morgan fingerprint density at radius 2 is 1.60 bits per heavy atom. The van der Waals surface area contributed by atoms with Crippen molar-refractivity contribution in [3.63, 3.8) is 0 Å². The summed E-state index contributed by atoms with van der Waals surface area (Å²) >= 11 is 0. The van der Waals surface area contributed by atoms with E-state index in [-0.39, 0.29) is 17.9 Å². The summed E-state index contributed by atoms with van der Waals surface area (Å²) in [6.45, 7) is 3.14. The third-order valence-electron chi connectivity index (χ3n) is 6.66. The van der Waals surface area contributed by atoms with Crippen molar-refractivity contribution in [2.24, 2.45) is 0 Å². The standard InChI is InChI=1S/C33H30N2O5/c1-2-19-39-27-13-11-25(12-14-27)31(36)29-30(35(33(38)32(29)37)21-23-15-17-34-18-16-23)26-9-6-10-28(20-26)40-22-24-7-4-3-5-8-24/h3-18,20,30,36H,2,19,21-22H2,1H3. The lowest BCUT2D eigenvalue weighted by atomic mass is 9.95. The lowest BCUT2D eigenvalue weighted by Gasteiger charge is -2.26. The van der Waals surface area contributed by atoms with Crippen LogP contribution in [0.15, 0.2) is 109 Å². The van der Waals surface area contributed by atoms with Crippen molar-refractivity contribution in [3.8, 4) is 11.5 Å². The maximum atomic E-state index is 13.4. The normalized spacial score (nSPS) is 16.2. The first-order valence-corrected chi connectivity index (χ1v) is 13.2. The second-order valence-electron chi connectivity index (χ2n) is 9.50. The smallest absolute Gasteiger partial charge is 0.295 e. The molecule has 1 unspecified atom stereocenters. The van der Waals surface area contributed by atoms with E-state index in [1.54, 1.807) is 48.8 Å². The topological polar surface area (TPSA) is 89.0 Å². The molecule has 1 aromatic heterocycles. The molecule has 5 rings (SSSR count). The van der Waals surface area contributed by atoms with Crippen LogP contribution in [0, 0.1) is 0 Å². The first kappa shape index (κ1) is 26.7. The average molecular weight is 535 g/mol. The summed E-state index contributed by atoms with van der Waals surface area (Å²) in [5.41, 5.74) is 2.94. The van der Waals surface area contributed by atoms with Crippen LogP contribution in [0.1, 0.15) is 41.6 Å².